The first-order valence-corrected chi connectivity index (χ1v) is 7.69. The number of fused-ring (bicyclic) bond motifs is 1. The number of carboxylic acids is 1. The molecule has 3 amide bonds. The minimum Gasteiger partial charge on any atom is -0.481 e. The number of rotatable bonds is 3. The van der Waals surface area contributed by atoms with Crippen LogP contribution in [-0.2, 0) is 9.53 Å². The van der Waals surface area contributed by atoms with Crippen molar-refractivity contribution in [2.45, 2.75) is 6.42 Å². The van der Waals surface area contributed by atoms with E-state index in [1.807, 2.05) is 0 Å². The number of nitrogens with zero attached hydrogens (tertiary/aromatic N) is 1. The van der Waals surface area contributed by atoms with E-state index in [9.17, 15) is 19.5 Å². The topological polar surface area (TPSA) is 122 Å². The van der Waals surface area contributed by atoms with Gasteiger partial charge in [-0.25, -0.2) is 4.79 Å². The normalized spacial score (nSPS) is 25.8. The third-order valence-corrected chi connectivity index (χ3v) is 4.82. The van der Waals surface area contributed by atoms with Crippen LogP contribution < -0.4 is 11.1 Å². The molecular weight excluding hydrogens is 314 g/mol. The van der Waals surface area contributed by atoms with Gasteiger partial charge in [-0.15, -0.1) is 0 Å². The van der Waals surface area contributed by atoms with Crippen molar-refractivity contribution >= 4 is 23.6 Å². The second-order valence-corrected chi connectivity index (χ2v) is 6.24. The van der Waals surface area contributed by atoms with Crippen LogP contribution in [-0.4, -0.2) is 54.2 Å². The van der Waals surface area contributed by atoms with Gasteiger partial charge in [-0.2, -0.15) is 0 Å². The molecule has 128 valence electrons. The number of urea groups is 1. The molecule has 4 N–H and O–H groups in total. The Morgan fingerprint density at radius 2 is 2.00 bits per heavy atom. The summed E-state index contributed by atoms with van der Waals surface area (Å²) in [6, 6.07) is 5.65. The van der Waals surface area contributed by atoms with Crippen molar-refractivity contribution in [2.75, 3.05) is 31.6 Å². The Morgan fingerprint density at radius 1 is 1.29 bits per heavy atom. The van der Waals surface area contributed by atoms with E-state index in [-0.39, 0.29) is 18.4 Å². The van der Waals surface area contributed by atoms with Crippen LogP contribution in [0.3, 0.4) is 0 Å². The standard InChI is InChI=1S/C16H19N3O5/c17-15(23)18-12-3-1-10(2-4-12)13(20)19-7-11-8-24-6-5-16(11,9-19)14(21)22/h1-4,11H,5-9H2,(H,21,22)(H3,17,18,23)/t11-,16+/m0/s1. The fraction of sp³-hybridized carbons (Fsp3) is 0.438. The number of anilines is 1. The lowest BCUT2D eigenvalue weighted by molar-refractivity contribution is -0.157. The molecule has 8 nitrogen and oxygen atoms in total. The zero-order valence-corrected chi connectivity index (χ0v) is 13.0. The lowest BCUT2D eigenvalue weighted by atomic mass is 9.74. The summed E-state index contributed by atoms with van der Waals surface area (Å²) < 4.78 is 5.39. The molecule has 0 bridgehead atoms. The van der Waals surface area contributed by atoms with Gasteiger partial charge < -0.3 is 25.8 Å². The Morgan fingerprint density at radius 3 is 2.58 bits per heavy atom. The highest BCUT2D eigenvalue weighted by atomic mass is 16.5. The molecule has 0 unspecified atom stereocenters. The smallest absolute Gasteiger partial charge is 0.316 e. The molecule has 0 aromatic heterocycles. The number of nitrogens with two attached hydrogens (primary N) is 1. The van der Waals surface area contributed by atoms with E-state index >= 15 is 0 Å². The Hall–Kier alpha value is -2.61. The van der Waals surface area contributed by atoms with Crippen molar-refractivity contribution in [1.29, 1.82) is 0 Å². The highest BCUT2D eigenvalue weighted by Crippen LogP contribution is 2.42. The Labute approximate surface area is 138 Å². The summed E-state index contributed by atoms with van der Waals surface area (Å²) in [5, 5.41) is 12.1. The summed E-state index contributed by atoms with van der Waals surface area (Å²) in [4.78, 5) is 36.8. The average molecular weight is 333 g/mol. The number of hydrogen-bond acceptors (Lipinski definition) is 4. The molecular formula is C16H19N3O5. The van der Waals surface area contributed by atoms with Crippen molar-refractivity contribution in [3.63, 3.8) is 0 Å². The van der Waals surface area contributed by atoms with E-state index < -0.39 is 17.4 Å². The van der Waals surface area contributed by atoms with Crippen molar-refractivity contribution in [1.82, 2.24) is 4.90 Å². The number of primary amides is 1. The highest BCUT2D eigenvalue weighted by molar-refractivity contribution is 5.96. The van der Waals surface area contributed by atoms with Crippen LogP contribution in [0.25, 0.3) is 0 Å². The molecule has 0 radical (unpaired) electrons. The molecule has 2 aliphatic heterocycles. The third-order valence-electron chi connectivity index (χ3n) is 4.82. The number of carboxylic acid groups (broad SMARTS) is 1. The minimum absolute atomic E-state index is 0.191. The first-order chi connectivity index (χ1) is 11.4. The van der Waals surface area contributed by atoms with Gasteiger partial charge in [0.25, 0.3) is 5.91 Å². The van der Waals surface area contributed by atoms with Gasteiger partial charge in [0.1, 0.15) is 0 Å². The molecule has 2 heterocycles. The lowest BCUT2D eigenvalue weighted by Crippen LogP contribution is -2.45. The Bertz CT molecular complexity index is 675. The Balaban J connectivity index is 1.76. The summed E-state index contributed by atoms with van der Waals surface area (Å²) in [7, 11) is 0. The zero-order valence-electron chi connectivity index (χ0n) is 13.0. The van der Waals surface area contributed by atoms with Crippen molar-refractivity contribution in [2.24, 2.45) is 17.1 Å². The molecule has 0 saturated carbocycles. The van der Waals surface area contributed by atoms with Crippen molar-refractivity contribution in [3.8, 4) is 0 Å². The number of ether oxygens (including phenoxy) is 1. The zero-order chi connectivity index (χ0) is 17.3. The van der Waals surface area contributed by atoms with Crippen LogP contribution in [0.2, 0.25) is 0 Å². The maximum absolute atomic E-state index is 12.7. The van der Waals surface area contributed by atoms with Crippen LogP contribution >= 0.6 is 0 Å². The third kappa shape index (κ3) is 2.80. The number of amides is 3. The summed E-state index contributed by atoms with van der Waals surface area (Å²) in [6.07, 6.45) is 0.415. The quantitative estimate of drug-likeness (QED) is 0.753. The van der Waals surface area contributed by atoms with E-state index in [1.54, 1.807) is 29.2 Å². The van der Waals surface area contributed by atoms with Gasteiger partial charge in [0.05, 0.1) is 12.0 Å². The minimum atomic E-state index is -0.915. The maximum atomic E-state index is 12.7. The lowest BCUT2D eigenvalue weighted by Gasteiger charge is -2.33. The monoisotopic (exact) mass is 333 g/mol. The number of likely N-dealkylation sites (tertiary alicyclic amines) is 1. The summed E-state index contributed by atoms with van der Waals surface area (Å²) >= 11 is 0. The maximum Gasteiger partial charge on any atom is 0.316 e. The summed E-state index contributed by atoms with van der Waals surface area (Å²) in [6.45, 7) is 1.32. The molecule has 2 atom stereocenters. The molecule has 8 heteroatoms. The molecule has 0 aliphatic carbocycles. The van der Waals surface area contributed by atoms with Gasteiger partial charge in [0.2, 0.25) is 0 Å². The summed E-state index contributed by atoms with van der Waals surface area (Å²) in [5.74, 6) is -1.29. The molecule has 0 spiro atoms. The number of aliphatic carboxylic acids is 1. The van der Waals surface area contributed by atoms with Gasteiger partial charge in [0.15, 0.2) is 0 Å². The number of carbonyl (C=O) groups is 3. The predicted octanol–water partition coefficient (Wildman–Crippen LogP) is 0.741. The fourth-order valence-electron chi connectivity index (χ4n) is 3.48. The van der Waals surface area contributed by atoms with Crippen LogP contribution in [0, 0.1) is 11.3 Å². The largest absolute Gasteiger partial charge is 0.481 e. The average Bonchev–Trinajstić information content (AvgIpc) is 2.95. The molecule has 3 rings (SSSR count). The predicted molar refractivity (Wildman–Crippen MR) is 84.5 cm³/mol. The van der Waals surface area contributed by atoms with Crippen LogP contribution in [0.5, 0.6) is 0 Å². The van der Waals surface area contributed by atoms with Crippen LogP contribution in [0.4, 0.5) is 10.5 Å². The van der Waals surface area contributed by atoms with Gasteiger partial charge in [0, 0.05) is 36.9 Å². The van der Waals surface area contributed by atoms with Gasteiger partial charge in [-0.1, -0.05) is 0 Å². The summed E-state index contributed by atoms with van der Waals surface area (Å²) in [5.41, 5.74) is 5.05. The second-order valence-electron chi connectivity index (χ2n) is 6.24. The van der Waals surface area contributed by atoms with E-state index in [0.29, 0.717) is 37.4 Å². The van der Waals surface area contributed by atoms with E-state index in [1.165, 1.54) is 0 Å². The molecule has 1 aromatic carbocycles. The first kappa shape index (κ1) is 16.3. The van der Waals surface area contributed by atoms with Crippen molar-refractivity contribution in [3.05, 3.63) is 29.8 Å². The van der Waals surface area contributed by atoms with E-state index in [4.69, 9.17) is 10.5 Å². The second kappa shape index (κ2) is 6.12. The Kier molecular flexibility index (Phi) is 4.15. The molecule has 2 saturated heterocycles. The van der Waals surface area contributed by atoms with Gasteiger partial charge in [-0.3, -0.25) is 9.59 Å². The number of hydrogen-bond donors (Lipinski definition) is 3. The SMILES string of the molecule is NC(=O)Nc1ccc(C(=O)N2C[C@H]3COCC[C@@]3(C(=O)O)C2)cc1. The molecule has 1 aromatic rings. The fourth-order valence-corrected chi connectivity index (χ4v) is 3.48. The molecule has 2 fully saturated rings. The van der Waals surface area contributed by atoms with Crippen molar-refractivity contribution < 1.29 is 24.2 Å². The van der Waals surface area contributed by atoms with Gasteiger partial charge >= 0.3 is 12.0 Å². The molecule has 2 aliphatic rings. The molecule has 24 heavy (non-hydrogen) atoms. The first-order valence-electron chi connectivity index (χ1n) is 7.69. The van der Waals surface area contributed by atoms with Crippen LogP contribution in [0.15, 0.2) is 24.3 Å². The number of benzene rings is 1. The number of carbonyl (C=O) groups excluding carboxylic acids is 2. The van der Waals surface area contributed by atoms with Crippen LogP contribution in [0.1, 0.15) is 16.8 Å². The number of nitrogens with one attached hydrogen (secondary N) is 1. The van der Waals surface area contributed by atoms with Gasteiger partial charge in [-0.05, 0) is 30.7 Å². The van der Waals surface area contributed by atoms with E-state index in [2.05, 4.69) is 5.32 Å². The van der Waals surface area contributed by atoms with E-state index in [0.717, 1.165) is 0 Å². The highest BCUT2D eigenvalue weighted by Gasteiger charge is 2.54.